The Morgan fingerprint density at radius 2 is 1.88 bits per heavy atom. The fourth-order valence-corrected chi connectivity index (χ4v) is 2.96. The molecular weight excluding hydrogens is 244 g/mol. The smallest absolute Gasteiger partial charge is 0.280 e. The van der Waals surface area contributed by atoms with Gasteiger partial charge in [0.1, 0.15) is 0 Å². The van der Waals surface area contributed by atoms with Gasteiger partial charge in [-0.3, -0.25) is 0 Å². The van der Waals surface area contributed by atoms with E-state index in [9.17, 15) is 8.42 Å². The maximum Gasteiger partial charge on any atom is 0.280 e. The van der Waals surface area contributed by atoms with Gasteiger partial charge in [0.05, 0.1) is 5.54 Å². The first-order valence-electron chi connectivity index (χ1n) is 5.54. The average Bonchev–Trinajstić information content (AvgIpc) is 2.28. The summed E-state index contributed by atoms with van der Waals surface area (Å²) in [5.41, 5.74) is 4.42. The lowest BCUT2D eigenvalue weighted by molar-refractivity contribution is 0.309. The van der Waals surface area contributed by atoms with Crippen LogP contribution in [0.3, 0.4) is 0 Å². The molecule has 0 radical (unpaired) electrons. The summed E-state index contributed by atoms with van der Waals surface area (Å²) < 4.78 is 27.7. The third-order valence-electron chi connectivity index (χ3n) is 2.78. The van der Waals surface area contributed by atoms with Crippen molar-refractivity contribution in [1.82, 2.24) is 9.03 Å². The monoisotopic (exact) mass is 266 g/mol. The first kappa shape index (κ1) is 16.1. The van der Waals surface area contributed by atoms with Crippen LogP contribution in [0.2, 0.25) is 0 Å². The van der Waals surface area contributed by atoms with Gasteiger partial charge in [0.2, 0.25) is 0 Å². The van der Waals surface area contributed by atoms with Crippen LogP contribution in [-0.4, -0.2) is 42.4 Å². The second-order valence-corrected chi connectivity index (χ2v) is 5.53. The third-order valence-corrected chi connectivity index (χ3v) is 4.68. The summed E-state index contributed by atoms with van der Waals surface area (Å²) in [6, 6.07) is 0. The van der Waals surface area contributed by atoms with Crippen molar-refractivity contribution in [3.05, 3.63) is 0 Å². The molecule has 17 heavy (non-hydrogen) atoms. The zero-order chi connectivity index (χ0) is 13.7. The van der Waals surface area contributed by atoms with Crippen LogP contribution in [0.1, 0.15) is 34.1 Å². The molecule has 4 N–H and O–H groups in total. The van der Waals surface area contributed by atoms with Crippen LogP contribution in [0.4, 0.5) is 0 Å². The van der Waals surface area contributed by atoms with Crippen LogP contribution in [-0.2, 0) is 10.2 Å². The molecule has 1 atom stereocenters. The van der Waals surface area contributed by atoms with Gasteiger partial charge in [-0.15, -0.1) is 0 Å². The number of nitrogens with two attached hydrogens (primary N) is 1. The molecule has 0 aliphatic heterocycles. The molecule has 8 heteroatoms. The molecule has 0 aliphatic rings. The number of hydrogen-bond donors (Lipinski definition) is 3. The van der Waals surface area contributed by atoms with Crippen LogP contribution in [0.25, 0.3) is 0 Å². The summed E-state index contributed by atoms with van der Waals surface area (Å²) >= 11 is 0. The van der Waals surface area contributed by atoms with Crippen LogP contribution < -0.4 is 10.5 Å². The zero-order valence-corrected chi connectivity index (χ0v) is 11.6. The zero-order valence-electron chi connectivity index (χ0n) is 10.8. The van der Waals surface area contributed by atoms with Crippen LogP contribution in [0.15, 0.2) is 5.16 Å². The Kier molecular flexibility index (Phi) is 5.86. The number of nitrogens with zero attached hydrogens (tertiary/aromatic N) is 2. The molecule has 0 saturated heterocycles. The van der Waals surface area contributed by atoms with E-state index in [0.29, 0.717) is 19.5 Å². The highest BCUT2D eigenvalue weighted by Gasteiger charge is 2.34. The average molecular weight is 266 g/mol. The normalized spacial score (nSPS) is 17.1. The highest BCUT2D eigenvalue weighted by Crippen LogP contribution is 2.13. The second-order valence-electron chi connectivity index (χ2n) is 3.86. The van der Waals surface area contributed by atoms with Crippen molar-refractivity contribution < 1.29 is 13.6 Å². The molecule has 0 rings (SSSR count). The molecule has 0 aliphatic carbocycles. The summed E-state index contributed by atoms with van der Waals surface area (Å²) in [5, 5.41) is 11.5. The molecule has 0 saturated carbocycles. The van der Waals surface area contributed by atoms with Gasteiger partial charge in [0, 0.05) is 13.1 Å². The molecular formula is C9H22N4O3S. The van der Waals surface area contributed by atoms with Gasteiger partial charge >= 0.3 is 0 Å². The summed E-state index contributed by atoms with van der Waals surface area (Å²) in [6.45, 7) is 7.54. The molecule has 0 heterocycles. The lowest BCUT2D eigenvalue weighted by Gasteiger charge is -2.30. The minimum Gasteiger partial charge on any atom is -0.409 e. The number of nitrogens with one attached hydrogen (secondary N) is 1. The number of oxime groups is 1. The Labute approximate surface area is 103 Å². The van der Waals surface area contributed by atoms with E-state index in [1.807, 2.05) is 0 Å². The molecule has 7 nitrogen and oxygen atoms in total. The highest BCUT2D eigenvalue weighted by atomic mass is 32.2. The molecule has 0 aromatic rings. The van der Waals surface area contributed by atoms with E-state index in [4.69, 9.17) is 10.9 Å². The van der Waals surface area contributed by atoms with Gasteiger partial charge in [-0.1, -0.05) is 25.9 Å². The maximum atomic E-state index is 12.0. The van der Waals surface area contributed by atoms with Crippen LogP contribution in [0.5, 0.6) is 0 Å². The molecule has 0 amide bonds. The quantitative estimate of drug-likeness (QED) is 0.262. The van der Waals surface area contributed by atoms with Crippen molar-refractivity contribution >= 4 is 16.0 Å². The van der Waals surface area contributed by atoms with Gasteiger partial charge in [-0.05, 0) is 13.3 Å². The summed E-state index contributed by atoms with van der Waals surface area (Å²) in [4.78, 5) is 0. The standard InChI is InChI=1S/C9H22N4O3S/c1-5-9(4,8(10)11-14)12-17(15,16)13(6-2)7-3/h12,14H,5-7H2,1-4H3,(H2,10,11). The van der Waals surface area contributed by atoms with Crippen LogP contribution in [0, 0.1) is 0 Å². The van der Waals surface area contributed by atoms with E-state index >= 15 is 0 Å². The molecule has 0 aromatic carbocycles. The topological polar surface area (TPSA) is 108 Å². The molecule has 0 fully saturated rings. The van der Waals surface area contributed by atoms with E-state index in [0.717, 1.165) is 0 Å². The van der Waals surface area contributed by atoms with E-state index in [-0.39, 0.29) is 5.84 Å². The predicted octanol–water partition coefficient (Wildman–Crippen LogP) is 0.0777. The minimum atomic E-state index is -3.64. The Hall–Kier alpha value is -0.860. The third kappa shape index (κ3) is 3.83. The van der Waals surface area contributed by atoms with Crippen molar-refractivity contribution in [2.24, 2.45) is 10.9 Å². The van der Waals surface area contributed by atoms with Gasteiger partial charge in [0.25, 0.3) is 10.2 Å². The Morgan fingerprint density at radius 3 is 2.18 bits per heavy atom. The summed E-state index contributed by atoms with van der Waals surface area (Å²) in [7, 11) is -3.64. The second kappa shape index (κ2) is 6.18. The largest absolute Gasteiger partial charge is 0.409 e. The Balaban J connectivity index is 5.16. The van der Waals surface area contributed by atoms with Crippen molar-refractivity contribution in [2.45, 2.75) is 39.7 Å². The lowest BCUT2D eigenvalue weighted by atomic mass is 10.00. The molecule has 0 aromatic heterocycles. The molecule has 0 spiro atoms. The Bertz CT molecular complexity index is 364. The first-order chi connectivity index (χ1) is 7.77. The van der Waals surface area contributed by atoms with Crippen molar-refractivity contribution in [3.63, 3.8) is 0 Å². The SMILES string of the molecule is CCN(CC)S(=O)(=O)NC(C)(CC)/C(N)=N/O. The number of rotatable bonds is 7. The van der Waals surface area contributed by atoms with Crippen molar-refractivity contribution in [2.75, 3.05) is 13.1 Å². The first-order valence-corrected chi connectivity index (χ1v) is 6.98. The van der Waals surface area contributed by atoms with Gasteiger partial charge in [-0.25, -0.2) is 0 Å². The minimum absolute atomic E-state index is 0.157. The van der Waals surface area contributed by atoms with Crippen LogP contribution >= 0.6 is 0 Å². The fraction of sp³-hybridized carbons (Fsp3) is 0.889. The van der Waals surface area contributed by atoms with Crippen molar-refractivity contribution in [3.8, 4) is 0 Å². The van der Waals surface area contributed by atoms with Crippen molar-refractivity contribution in [1.29, 1.82) is 0 Å². The van der Waals surface area contributed by atoms with Gasteiger partial charge < -0.3 is 10.9 Å². The van der Waals surface area contributed by atoms with Gasteiger partial charge in [-0.2, -0.15) is 17.4 Å². The summed E-state index contributed by atoms with van der Waals surface area (Å²) in [6.07, 6.45) is 0.378. The number of amidine groups is 1. The van der Waals surface area contributed by atoms with E-state index in [1.165, 1.54) is 4.31 Å². The molecule has 0 bridgehead atoms. The Morgan fingerprint density at radius 1 is 1.41 bits per heavy atom. The molecule has 1 unspecified atom stereocenters. The lowest BCUT2D eigenvalue weighted by Crippen LogP contribution is -2.58. The fourth-order valence-electron chi connectivity index (χ4n) is 1.33. The number of hydrogen-bond acceptors (Lipinski definition) is 4. The maximum absolute atomic E-state index is 12.0. The van der Waals surface area contributed by atoms with E-state index in [1.54, 1.807) is 27.7 Å². The highest BCUT2D eigenvalue weighted by molar-refractivity contribution is 7.87. The molecule has 102 valence electrons. The predicted molar refractivity (Wildman–Crippen MR) is 67.1 cm³/mol. The van der Waals surface area contributed by atoms with E-state index in [2.05, 4.69) is 9.88 Å². The van der Waals surface area contributed by atoms with Gasteiger partial charge in [0.15, 0.2) is 5.84 Å². The summed E-state index contributed by atoms with van der Waals surface area (Å²) in [5.74, 6) is -0.157. The van der Waals surface area contributed by atoms with E-state index < -0.39 is 15.7 Å².